The number of methoxy groups -OCH3 is 1. The monoisotopic (exact) mass is 386 g/mol. The van der Waals surface area contributed by atoms with Crippen LogP contribution in [0.3, 0.4) is 0 Å². The fourth-order valence-corrected chi connectivity index (χ4v) is 2.28. The normalized spacial score (nSPS) is 10.2. The Morgan fingerprint density at radius 2 is 1.96 bits per heavy atom. The number of nitrogens with one attached hydrogen (secondary N) is 2. The van der Waals surface area contributed by atoms with Crippen molar-refractivity contribution in [2.24, 2.45) is 0 Å². The third-order valence-electron chi connectivity index (χ3n) is 3.06. The molecule has 2 amide bonds. The molecule has 128 valence electrons. The molecule has 6 nitrogen and oxygen atoms in total. The average molecular weight is 387 g/mol. The number of ether oxygens (including phenoxy) is 2. The second kappa shape index (κ2) is 11.0. The van der Waals surface area contributed by atoms with Crippen molar-refractivity contribution >= 4 is 27.7 Å². The maximum atomic E-state index is 12.0. The van der Waals surface area contributed by atoms with E-state index < -0.39 is 0 Å². The summed E-state index contributed by atoms with van der Waals surface area (Å²) in [5.41, 5.74) is 5.24. The number of hydrogen-bond donors (Lipinski definition) is 2. The van der Waals surface area contributed by atoms with E-state index in [9.17, 15) is 9.59 Å². The van der Waals surface area contributed by atoms with E-state index in [1.54, 1.807) is 25.3 Å². The molecule has 0 saturated carbocycles. The van der Waals surface area contributed by atoms with Crippen molar-refractivity contribution in [2.45, 2.75) is 32.6 Å². The van der Waals surface area contributed by atoms with E-state index in [-0.39, 0.29) is 11.8 Å². The Balaban J connectivity index is 2.47. The maximum absolute atomic E-state index is 12.0. The lowest BCUT2D eigenvalue weighted by atomic mass is 10.2. The van der Waals surface area contributed by atoms with Gasteiger partial charge >= 0.3 is 0 Å². The summed E-state index contributed by atoms with van der Waals surface area (Å²) in [7, 11) is 1.60. The largest absolute Gasteiger partial charge is 0.490 e. The van der Waals surface area contributed by atoms with Gasteiger partial charge in [0.05, 0.1) is 11.1 Å². The molecule has 0 atom stereocenters. The Morgan fingerprint density at radius 3 is 2.61 bits per heavy atom. The van der Waals surface area contributed by atoms with E-state index >= 15 is 0 Å². The number of benzene rings is 1. The number of amides is 2. The average Bonchev–Trinajstić information content (AvgIpc) is 2.54. The molecule has 2 N–H and O–H groups in total. The topological polar surface area (TPSA) is 76.7 Å². The van der Waals surface area contributed by atoms with Gasteiger partial charge in [-0.2, -0.15) is 0 Å². The smallest absolute Gasteiger partial charge is 0.269 e. The lowest BCUT2D eigenvalue weighted by Gasteiger charge is -2.10. The molecule has 0 fully saturated rings. The predicted octanol–water partition coefficient (Wildman–Crippen LogP) is 2.82. The van der Waals surface area contributed by atoms with Gasteiger partial charge in [0.2, 0.25) is 5.91 Å². The predicted molar refractivity (Wildman–Crippen MR) is 91.3 cm³/mol. The zero-order valence-electron chi connectivity index (χ0n) is 13.5. The molecule has 0 radical (unpaired) electrons. The minimum Gasteiger partial charge on any atom is -0.490 e. The fourth-order valence-electron chi connectivity index (χ4n) is 1.79. The molecule has 1 aromatic rings. The first-order valence-corrected chi connectivity index (χ1v) is 8.38. The second-order valence-corrected chi connectivity index (χ2v) is 5.80. The van der Waals surface area contributed by atoms with Crippen molar-refractivity contribution in [1.82, 2.24) is 10.9 Å². The Morgan fingerprint density at radius 1 is 1.17 bits per heavy atom. The maximum Gasteiger partial charge on any atom is 0.269 e. The molecule has 0 aliphatic carbocycles. The minimum absolute atomic E-state index is 0.189. The quantitative estimate of drug-likeness (QED) is 0.505. The van der Waals surface area contributed by atoms with E-state index in [1.165, 1.54) is 0 Å². The van der Waals surface area contributed by atoms with Crippen LogP contribution < -0.4 is 15.6 Å². The highest BCUT2D eigenvalue weighted by atomic mass is 79.9. The number of hydrazine groups is 1. The van der Waals surface area contributed by atoms with Gasteiger partial charge in [0.1, 0.15) is 12.4 Å². The summed E-state index contributed by atoms with van der Waals surface area (Å²) in [4.78, 5) is 23.5. The van der Waals surface area contributed by atoms with Crippen molar-refractivity contribution < 1.29 is 19.1 Å². The SMILES string of the molecule is CCCCCC(=O)NNC(=O)c1ccc(OCCOC)c(Br)c1. The summed E-state index contributed by atoms with van der Waals surface area (Å²) in [6, 6.07) is 4.96. The zero-order chi connectivity index (χ0) is 17.1. The summed E-state index contributed by atoms with van der Waals surface area (Å²) in [5, 5.41) is 0. The summed E-state index contributed by atoms with van der Waals surface area (Å²) < 4.78 is 11.1. The summed E-state index contributed by atoms with van der Waals surface area (Å²) in [5.74, 6) is 0.0607. The van der Waals surface area contributed by atoms with Gasteiger partial charge in [-0.05, 0) is 40.5 Å². The van der Waals surface area contributed by atoms with Crippen LogP contribution in [0, 0.1) is 0 Å². The van der Waals surface area contributed by atoms with Gasteiger partial charge in [0, 0.05) is 19.1 Å². The van der Waals surface area contributed by atoms with Crippen LogP contribution >= 0.6 is 15.9 Å². The molecule has 0 unspecified atom stereocenters. The summed E-state index contributed by atoms with van der Waals surface area (Å²) in [6.45, 7) is 2.98. The van der Waals surface area contributed by atoms with Crippen LogP contribution in [0.2, 0.25) is 0 Å². The third kappa shape index (κ3) is 7.47. The van der Waals surface area contributed by atoms with Gasteiger partial charge < -0.3 is 9.47 Å². The van der Waals surface area contributed by atoms with Crippen molar-refractivity contribution in [3.8, 4) is 5.75 Å². The molecule has 23 heavy (non-hydrogen) atoms. The lowest BCUT2D eigenvalue weighted by molar-refractivity contribution is -0.121. The molecule has 0 aliphatic heterocycles. The number of carbonyl (C=O) groups is 2. The van der Waals surface area contributed by atoms with E-state index in [0.29, 0.717) is 35.4 Å². The molecule has 0 spiro atoms. The lowest BCUT2D eigenvalue weighted by Crippen LogP contribution is -2.41. The van der Waals surface area contributed by atoms with Gasteiger partial charge in [-0.3, -0.25) is 20.4 Å². The highest BCUT2D eigenvalue weighted by Gasteiger charge is 2.10. The molecule has 0 bridgehead atoms. The van der Waals surface area contributed by atoms with Crippen LogP contribution in [0.5, 0.6) is 5.75 Å². The fraction of sp³-hybridized carbons (Fsp3) is 0.500. The second-order valence-electron chi connectivity index (χ2n) is 4.95. The molecule has 0 aromatic heterocycles. The number of hydrogen-bond acceptors (Lipinski definition) is 4. The van der Waals surface area contributed by atoms with Gasteiger partial charge in [-0.1, -0.05) is 19.8 Å². The standard InChI is InChI=1S/C16H23BrN2O4/c1-3-4-5-6-15(20)18-19-16(21)12-7-8-14(13(17)11-12)23-10-9-22-2/h7-8,11H,3-6,9-10H2,1-2H3,(H,18,20)(H,19,21). The first kappa shape index (κ1) is 19.4. The Labute approximate surface area is 145 Å². The van der Waals surface area contributed by atoms with E-state index in [1.807, 2.05) is 0 Å². The van der Waals surface area contributed by atoms with E-state index in [4.69, 9.17) is 9.47 Å². The molecule has 0 heterocycles. The number of carbonyl (C=O) groups excluding carboxylic acids is 2. The van der Waals surface area contributed by atoms with Crippen LogP contribution in [-0.4, -0.2) is 32.1 Å². The van der Waals surface area contributed by atoms with Crippen LogP contribution in [0.15, 0.2) is 22.7 Å². The molecule has 1 aromatic carbocycles. The first-order chi connectivity index (χ1) is 11.1. The number of halogens is 1. The van der Waals surface area contributed by atoms with Gasteiger partial charge in [-0.15, -0.1) is 0 Å². The molecule has 7 heteroatoms. The molecule has 0 saturated heterocycles. The Hall–Kier alpha value is -1.60. The van der Waals surface area contributed by atoms with Crippen molar-refractivity contribution in [1.29, 1.82) is 0 Å². The van der Waals surface area contributed by atoms with Crippen LogP contribution in [0.4, 0.5) is 0 Å². The highest BCUT2D eigenvalue weighted by molar-refractivity contribution is 9.10. The van der Waals surface area contributed by atoms with Crippen LogP contribution in [-0.2, 0) is 9.53 Å². The number of unbranched alkanes of at least 4 members (excludes halogenated alkanes) is 2. The molecule has 1 rings (SSSR count). The first-order valence-electron chi connectivity index (χ1n) is 7.59. The zero-order valence-corrected chi connectivity index (χ0v) is 15.1. The van der Waals surface area contributed by atoms with Gasteiger partial charge in [0.15, 0.2) is 0 Å². The van der Waals surface area contributed by atoms with Crippen molar-refractivity contribution in [3.05, 3.63) is 28.2 Å². The minimum atomic E-state index is -0.377. The Bertz CT molecular complexity index is 523. The van der Waals surface area contributed by atoms with Crippen LogP contribution in [0.1, 0.15) is 43.0 Å². The van der Waals surface area contributed by atoms with Crippen molar-refractivity contribution in [2.75, 3.05) is 20.3 Å². The van der Waals surface area contributed by atoms with E-state index in [0.717, 1.165) is 19.3 Å². The summed E-state index contributed by atoms with van der Waals surface area (Å²) >= 11 is 3.36. The van der Waals surface area contributed by atoms with Crippen molar-refractivity contribution in [3.63, 3.8) is 0 Å². The number of rotatable bonds is 9. The van der Waals surface area contributed by atoms with Gasteiger partial charge in [0.25, 0.3) is 5.91 Å². The highest BCUT2D eigenvalue weighted by Crippen LogP contribution is 2.25. The Kier molecular flexibility index (Phi) is 9.31. The molecular weight excluding hydrogens is 364 g/mol. The third-order valence-corrected chi connectivity index (χ3v) is 3.68. The van der Waals surface area contributed by atoms with E-state index in [2.05, 4.69) is 33.7 Å². The van der Waals surface area contributed by atoms with Crippen LogP contribution in [0.25, 0.3) is 0 Å². The summed E-state index contributed by atoms with van der Waals surface area (Å²) in [6.07, 6.45) is 3.27. The molecule has 0 aliphatic rings. The van der Waals surface area contributed by atoms with Gasteiger partial charge in [-0.25, -0.2) is 0 Å². The molecular formula is C16H23BrN2O4.